The van der Waals surface area contributed by atoms with Crippen LogP contribution in [0.3, 0.4) is 0 Å². The third-order valence-electron chi connectivity index (χ3n) is 1.81. The normalized spacial score (nSPS) is 11.2. The number of carbonyl (C=O) groups excluding carboxylic acids is 1. The van der Waals surface area contributed by atoms with Crippen molar-refractivity contribution >= 4 is 5.97 Å². The summed E-state index contributed by atoms with van der Waals surface area (Å²) in [6, 6.07) is 0. The molecule has 0 bridgehead atoms. The average molecular weight is 271 g/mol. The Kier molecular flexibility index (Phi) is 4.04. The summed E-state index contributed by atoms with van der Waals surface area (Å²) < 4.78 is 69.1. The Hall–Kier alpha value is -1.93. The fourth-order valence-electron chi connectivity index (χ4n) is 1.11. The minimum atomic E-state index is -5.18. The smallest absolute Gasteiger partial charge is 0.465 e. The molecule has 9 heteroatoms. The van der Waals surface area contributed by atoms with E-state index in [1.165, 1.54) is 0 Å². The van der Waals surface area contributed by atoms with Crippen molar-refractivity contribution < 1.29 is 36.2 Å². The van der Waals surface area contributed by atoms with Gasteiger partial charge in [-0.15, -0.1) is 13.2 Å². The summed E-state index contributed by atoms with van der Waals surface area (Å²) in [6.45, 7) is -1.29. The van der Waals surface area contributed by atoms with Gasteiger partial charge in [-0.25, -0.2) is 18.6 Å². The Bertz CT molecular complexity index is 460. The maximum Gasteiger partial charge on any atom is 0.574 e. The summed E-state index contributed by atoms with van der Waals surface area (Å²) in [7, 11) is 0.870. The van der Waals surface area contributed by atoms with Crippen molar-refractivity contribution in [2.24, 2.45) is 0 Å². The number of rotatable bonds is 3. The molecule has 1 rings (SSSR count). The van der Waals surface area contributed by atoms with E-state index in [0.717, 1.165) is 7.11 Å². The van der Waals surface area contributed by atoms with Gasteiger partial charge in [0.1, 0.15) is 12.2 Å². The number of alkyl halides is 4. The molecule has 0 saturated heterocycles. The van der Waals surface area contributed by atoms with Crippen LogP contribution in [0.1, 0.15) is 15.9 Å². The number of nitrogens with zero attached hydrogens (tertiary/aromatic N) is 1. The first-order chi connectivity index (χ1) is 8.30. The highest BCUT2D eigenvalue weighted by Crippen LogP contribution is 2.27. The number of carbonyl (C=O) groups is 1. The highest BCUT2D eigenvalue weighted by atomic mass is 19.4. The Morgan fingerprint density at radius 1 is 1.44 bits per heavy atom. The molecule has 0 fully saturated rings. The Balaban J connectivity index is 3.30. The van der Waals surface area contributed by atoms with Crippen molar-refractivity contribution in [3.05, 3.63) is 23.1 Å². The lowest BCUT2D eigenvalue weighted by atomic mass is 10.1. The standard InChI is InChI=1S/C9H6F5NO3/c1-17-8(16)5-4(2-10)3-15-7(6(5)11)18-9(12,13)14/h3H,2H2,1H3. The summed E-state index contributed by atoms with van der Waals surface area (Å²) in [4.78, 5) is 14.1. The maximum atomic E-state index is 13.5. The molecule has 100 valence electrons. The van der Waals surface area contributed by atoms with E-state index in [9.17, 15) is 26.7 Å². The molecule has 0 aliphatic carbocycles. The Morgan fingerprint density at radius 3 is 2.50 bits per heavy atom. The second-order valence-corrected chi connectivity index (χ2v) is 2.95. The maximum absolute atomic E-state index is 13.5. The van der Waals surface area contributed by atoms with Crippen molar-refractivity contribution in [3.8, 4) is 5.88 Å². The minimum Gasteiger partial charge on any atom is -0.465 e. The molecule has 0 aliphatic heterocycles. The molecule has 1 aromatic heterocycles. The Morgan fingerprint density at radius 2 is 2.06 bits per heavy atom. The third kappa shape index (κ3) is 3.05. The first-order valence-corrected chi connectivity index (χ1v) is 4.37. The number of halogens is 5. The van der Waals surface area contributed by atoms with Gasteiger partial charge in [0.15, 0.2) is 5.82 Å². The molecule has 0 atom stereocenters. The van der Waals surface area contributed by atoms with E-state index >= 15 is 0 Å². The molecule has 0 unspecified atom stereocenters. The van der Waals surface area contributed by atoms with E-state index in [4.69, 9.17) is 0 Å². The van der Waals surface area contributed by atoms with E-state index < -0.39 is 41.8 Å². The first kappa shape index (κ1) is 14.1. The van der Waals surface area contributed by atoms with E-state index in [-0.39, 0.29) is 0 Å². The van der Waals surface area contributed by atoms with E-state index in [0.29, 0.717) is 6.20 Å². The topological polar surface area (TPSA) is 48.4 Å². The lowest BCUT2D eigenvalue weighted by Crippen LogP contribution is -2.20. The first-order valence-electron chi connectivity index (χ1n) is 4.37. The average Bonchev–Trinajstić information content (AvgIpc) is 2.29. The zero-order valence-corrected chi connectivity index (χ0v) is 8.85. The predicted molar refractivity (Wildman–Crippen MR) is 47.0 cm³/mol. The molecule has 0 aliphatic rings. The van der Waals surface area contributed by atoms with Gasteiger partial charge in [-0.2, -0.15) is 0 Å². The minimum absolute atomic E-state index is 0.533. The van der Waals surface area contributed by atoms with Crippen LogP contribution in [0.25, 0.3) is 0 Å². The van der Waals surface area contributed by atoms with Crippen LogP contribution in [-0.4, -0.2) is 24.4 Å². The van der Waals surface area contributed by atoms with Gasteiger partial charge in [-0.3, -0.25) is 0 Å². The van der Waals surface area contributed by atoms with E-state index in [1.807, 2.05) is 0 Å². The van der Waals surface area contributed by atoms with Crippen molar-refractivity contribution in [1.29, 1.82) is 0 Å². The molecule has 0 radical (unpaired) electrons. The van der Waals surface area contributed by atoms with Crippen molar-refractivity contribution in [2.45, 2.75) is 13.0 Å². The van der Waals surface area contributed by atoms with Crippen molar-refractivity contribution in [3.63, 3.8) is 0 Å². The summed E-state index contributed by atoms with van der Waals surface area (Å²) in [5.74, 6) is -4.52. The Labute approximate surface area is 97.3 Å². The van der Waals surface area contributed by atoms with Gasteiger partial charge >= 0.3 is 12.3 Å². The number of hydrogen-bond acceptors (Lipinski definition) is 4. The molecular weight excluding hydrogens is 265 g/mol. The van der Waals surface area contributed by atoms with Gasteiger partial charge in [0, 0.05) is 11.8 Å². The zero-order valence-electron chi connectivity index (χ0n) is 8.85. The molecule has 1 aromatic rings. The number of aromatic nitrogens is 1. The lowest BCUT2D eigenvalue weighted by molar-refractivity contribution is -0.277. The number of pyridine rings is 1. The molecule has 1 heterocycles. The second kappa shape index (κ2) is 5.15. The molecule has 0 saturated carbocycles. The number of methoxy groups -OCH3 is 1. The van der Waals surface area contributed by atoms with Crippen LogP contribution < -0.4 is 4.74 Å². The molecule has 0 spiro atoms. The van der Waals surface area contributed by atoms with E-state index in [1.54, 1.807) is 0 Å². The molecule has 0 N–H and O–H groups in total. The molecule has 0 amide bonds. The monoisotopic (exact) mass is 271 g/mol. The van der Waals surface area contributed by atoms with Crippen LogP contribution in [0.4, 0.5) is 22.0 Å². The predicted octanol–water partition coefficient (Wildman–Crippen LogP) is 2.38. The van der Waals surface area contributed by atoms with Gasteiger partial charge in [0.25, 0.3) is 5.88 Å². The quantitative estimate of drug-likeness (QED) is 0.625. The van der Waals surface area contributed by atoms with Gasteiger partial charge in [-0.1, -0.05) is 0 Å². The summed E-state index contributed by atoms with van der Waals surface area (Å²) in [6.07, 6.45) is -4.62. The highest BCUT2D eigenvalue weighted by Gasteiger charge is 2.35. The van der Waals surface area contributed by atoms with Crippen LogP contribution in [0.15, 0.2) is 6.20 Å². The van der Waals surface area contributed by atoms with Gasteiger partial charge in [0.05, 0.1) is 7.11 Å². The number of ether oxygens (including phenoxy) is 2. The molecule has 0 aromatic carbocycles. The fraction of sp³-hybridized carbons (Fsp3) is 0.333. The largest absolute Gasteiger partial charge is 0.574 e. The second-order valence-electron chi connectivity index (χ2n) is 2.95. The molecule has 4 nitrogen and oxygen atoms in total. The van der Waals surface area contributed by atoms with Crippen LogP contribution in [0, 0.1) is 5.82 Å². The molecule has 18 heavy (non-hydrogen) atoms. The van der Waals surface area contributed by atoms with Crippen molar-refractivity contribution in [2.75, 3.05) is 7.11 Å². The number of hydrogen-bond donors (Lipinski definition) is 0. The fourth-order valence-corrected chi connectivity index (χ4v) is 1.11. The molecular formula is C9H6F5NO3. The summed E-state index contributed by atoms with van der Waals surface area (Å²) >= 11 is 0. The SMILES string of the molecule is COC(=O)c1c(CF)cnc(OC(F)(F)F)c1F. The summed E-state index contributed by atoms with van der Waals surface area (Å²) in [5, 5.41) is 0. The number of esters is 1. The van der Waals surface area contributed by atoms with Crippen LogP contribution in [0.5, 0.6) is 5.88 Å². The highest BCUT2D eigenvalue weighted by molar-refractivity contribution is 5.91. The van der Waals surface area contributed by atoms with E-state index in [2.05, 4.69) is 14.5 Å². The van der Waals surface area contributed by atoms with Gasteiger partial charge < -0.3 is 9.47 Å². The van der Waals surface area contributed by atoms with Crippen LogP contribution in [-0.2, 0) is 11.4 Å². The summed E-state index contributed by atoms with van der Waals surface area (Å²) in [5.41, 5.74) is -1.51. The van der Waals surface area contributed by atoms with Crippen LogP contribution in [0.2, 0.25) is 0 Å². The van der Waals surface area contributed by atoms with Gasteiger partial charge in [-0.05, 0) is 0 Å². The third-order valence-corrected chi connectivity index (χ3v) is 1.81. The van der Waals surface area contributed by atoms with Gasteiger partial charge in [0.2, 0.25) is 0 Å². The van der Waals surface area contributed by atoms with Crippen molar-refractivity contribution in [1.82, 2.24) is 4.98 Å². The zero-order chi connectivity index (χ0) is 13.9. The van der Waals surface area contributed by atoms with Crippen LogP contribution >= 0.6 is 0 Å². The lowest BCUT2D eigenvalue weighted by Gasteiger charge is -2.11.